The standard InChI is InChI=1S/C20H19NO3S/c22-19(21-12-13-24-20(21)23)18(14-10-11-14)16-8-4-5-9-17(16)25-15-6-2-1-3-7-15/h1-9,14,18H,10-13H2. The van der Waals surface area contributed by atoms with Gasteiger partial charge in [-0.25, -0.2) is 9.69 Å². The number of cyclic esters (lactones) is 1. The molecule has 2 fully saturated rings. The van der Waals surface area contributed by atoms with Crippen molar-refractivity contribution in [3.05, 3.63) is 60.2 Å². The third-order valence-electron chi connectivity index (χ3n) is 4.61. The molecule has 2 amide bonds. The summed E-state index contributed by atoms with van der Waals surface area (Å²) in [6.07, 6.45) is 1.55. The fraction of sp³-hybridized carbons (Fsp3) is 0.300. The van der Waals surface area contributed by atoms with Gasteiger partial charge in [0.25, 0.3) is 0 Å². The molecule has 1 saturated carbocycles. The molecule has 2 aromatic carbocycles. The van der Waals surface area contributed by atoms with Crippen molar-refractivity contribution in [2.45, 2.75) is 28.6 Å². The maximum absolute atomic E-state index is 13.1. The minimum atomic E-state index is -0.510. The zero-order chi connectivity index (χ0) is 17.2. The Morgan fingerprint density at radius 2 is 1.80 bits per heavy atom. The molecule has 1 aliphatic carbocycles. The van der Waals surface area contributed by atoms with E-state index in [-0.39, 0.29) is 11.8 Å². The summed E-state index contributed by atoms with van der Waals surface area (Å²) in [6, 6.07) is 18.2. The van der Waals surface area contributed by atoms with Crippen molar-refractivity contribution in [1.82, 2.24) is 4.90 Å². The normalized spacial score (nSPS) is 18.1. The predicted octanol–water partition coefficient (Wildman–Crippen LogP) is 4.31. The number of imide groups is 1. The van der Waals surface area contributed by atoms with Gasteiger partial charge in [0.05, 0.1) is 12.5 Å². The van der Waals surface area contributed by atoms with Crippen LogP contribution in [0.4, 0.5) is 4.79 Å². The third kappa shape index (κ3) is 3.42. The van der Waals surface area contributed by atoms with E-state index < -0.39 is 6.09 Å². The van der Waals surface area contributed by atoms with E-state index >= 15 is 0 Å². The van der Waals surface area contributed by atoms with Crippen LogP contribution in [-0.2, 0) is 9.53 Å². The third-order valence-corrected chi connectivity index (χ3v) is 5.71. The first-order chi connectivity index (χ1) is 12.2. The Kier molecular flexibility index (Phi) is 4.49. The highest BCUT2D eigenvalue weighted by Gasteiger charge is 2.43. The Morgan fingerprint density at radius 3 is 2.48 bits per heavy atom. The van der Waals surface area contributed by atoms with E-state index in [1.54, 1.807) is 11.8 Å². The quantitative estimate of drug-likeness (QED) is 0.803. The molecule has 0 aromatic heterocycles. The Hall–Kier alpha value is -2.27. The molecule has 1 atom stereocenters. The highest BCUT2D eigenvalue weighted by molar-refractivity contribution is 7.99. The number of benzene rings is 2. The summed E-state index contributed by atoms with van der Waals surface area (Å²) >= 11 is 1.66. The number of hydrogen-bond acceptors (Lipinski definition) is 4. The van der Waals surface area contributed by atoms with E-state index in [0.717, 1.165) is 28.2 Å². The summed E-state index contributed by atoms with van der Waals surface area (Å²) in [7, 11) is 0. The van der Waals surface area contributed by atoms with Gasteiger partial charge in [-0.3, -0.25) is 4.79 Å². The molecular formula is C20H19NO3S. The van der Waals surface area contributed by atoms with Gasteiger partial charge in [0, 0.05) is 9.79 Å². The Balaban J connectivity index is 1.66. The molecule has 4 rings (SSSR count). The van der Waals surface area contributed by atoms with Crippen molar-refractivity contribution in [3.63, 3.8) is 0 Å². The second-order valence-electron chi connectivity index (χ2n) is 6.37. The molecular weight excluding hydrogens is 334 g/mol. The van der Waals surface area contributed by atoms with Gasteiger partial charge in [0.2, 0.25) is 5.91 Å². The number of amides is 2. The van der Waals surface area contributed by atoms with E-state index in [4.69, 9.17) is 4.74 Å². The molecule has 2 aromatic rings. The number of rotatable bonds is 5. The summed E-state index contributed by atoms with van der Waals surface area (Å²) in [6.45, 7) is 0.650. The van der Waals surface area contributed by atoms with Gasteiger partial charge in [-0.1, -0.05) is 48.2 Å². The monoisotopic (exact) mass is 353 g/mol. The van der Waals surface area contributed by atoms with E-state index in [9.17, 15) is 9.59 Å². The molecule has 128 valence electrons. The van der Waals surface area contributed by atoms with Crippen molar-refractivity contribution in [2.24, 2.45) is 5.92 Å². The van der Waals surface area contributed by atoms with Crippen LogP contribution in [0.15, 0.2) is 64.4 Å². The van der Waals surface area contributed by atoms with Crippen LogP contribution in [0.1, 0.15) is 24.3 Å². The Bertz CT molecular complexity index is 789. The second-order valence-corrected chi connectivity index (χ2v) is 7.49. The van der Waals surface area contributed by atoms with Crippen molar-refractivity contribution >= 4 is 23.8 Å². The Morgan fingerprint density at radius 1 is 1.08 bits per heavy atom. The lowest BCUT2D eigenvalue weighted by molar-refractivity contribution is -0.129. The lowest BCUT2D eigenvalue weighted by Gasteiger charge is -2.22. The number of nitrogens with zero attached hydrogens (tertiary/aromatic N) is 1. The first-order valence-corrected chi connectivity index (χ1v) is 9.35. The average Bonchev–Trinajstić information content (AvgIpc) is 3.37. The van der Waals surface area contributed by atoms with Crippen LogP contribution in [0.3, 0.4) is 0 Å². The topological polar surface area (TPSA) is 46.6 Å². The van der Waals surface area contributed by atoms with Gasteiger partial charge in [-0.15, -0.1) is 0 Å². The van der Waals surface area contributed by atoms with Gasteiger partial charge in [-0.2, -0.15) is 0 Å². The number of carbonyl (C=O) groups excluding carboxylic acids is 2. The minimum Gasteiger partial charge on any atom is -0.447 e. The van der Waals surface area contributed by atoms with Gasteiger partial charge < -0.3 is 4.74 Å². The summed E-state index contributed by atoms with van der Waals surface area (Å²) in [5.74, 6) is -0.0670. The van der Waals surface area contributed by atoms with Crippen LogP contribution in [-0.4, -0.2) is 30.1 Å². The summed E-state index contributed by atoms with van der Waals surface area (Å²) in [5, 5.41) is 0. The molecule has 2 aliphatic rings. The molecule has 1 unspecified atom stereocenters. The molecule has 1 saturated heterocycles. The predicted molar refractivity (Wildman–Crippen MR) is 95.5 cm³/mol. The van der Waals surface area contributed by atoms with Crippen LogP contribution in [0.2, 0.25) is 0 Å². The number of carbonyl (C=O) groups is 2. The lowest BCUT2D eigenvalue weighted by atomic mass is 9.92. The average molecular weight is 353 g/mol. The Labute approximate surface area is 151 Å². The highest BCUT2D eigenvalue weighted by Crippen LogP contribution is 2.47. The van der Waals surface area contributed by atoms with Crippen molar-refractivity contribution < 1.29 is 14.3 Å². The van der Waals surface area contributed by atoms with Crippen molar-refractivity contribution in [2.75, 3.05) is 13.2 Å². The SMILES string of the molecule is O=C1OCCN1C(=O)C(c1ccccc1Sc1ccccc1)C1CC1. The fourth-order valence-electron chi connectivity index (χ4n) is 3.23. The minimum absolute atomic E-state index is 0.119. The van der Waals surface area contributed by atoms with Crippen LogP contribution in [0.25, 0.3) is 0 Å². The fourth-order valence-corrected chi connectivity index (χ4v) is 4.23. The summed E-state index contributed by atoms with van der Waals surface area (Å²) in [5.41, 5.74) is 1.02. The molecule has 0 N–H and O–H groups in total. The van der Waals surface area contributed by atoms with E-state index in [2.05, 4.69) is 18.2 Å². The van der Waals surface area contributed by atoms with Gasteiger partial charge in [0.1, 0.15) is 6.61 Å². The maximum Gasteiger partial charge on any atom is 0.416 e. The number of hydrogen-bond donors (Lipinski definition) is 0. The molecule has 0 radical (unpaired) electrons. The van der Waals surface area contributed by atoms with Crippen molar-refractivity contribution in [1.29, 1.82) is 0 Å². The molecule has 0 spiro atoms. The van der Waals surface area contributed by atoms with Crippen LogP contribution >= 0.6 is 11.8 Å². The molecule has 1 aliphatic heterocycles. The number of ether oxygens (including phenoxy) is 1. The molecule has 0 bridgehead atoms. The molecule has 4 nitrogen and oxygen atoms in total. The van der Waals surface area contributed by atoms with E-state index in [0.29, 0.717) is 19.1 Å². The van der Waals surface area contributed by atoms with Crippen LogP contribution < -0.4 is 0 Å². The zero-order valence-corrected chi connectivity index (χ0v) is 14.6. The largest absolute Gasteiger partial charge is 0.447 e. The zero-order valence-electron chi connectivity index (χ0n) is 13.8. The first-order valence-electron chi connectivity index (χ1n) is 8.54. The lowest BCUT2D eigenvalue weighted by Crippen LogP contribution is -2.36. The van der Waals surface area contributed by atoms with E-state index in [1.807, 2.05) is 36.4 Å². The van der Waals surface area contributed by atoms with Crippen LogP contribution in [0, 0.1) is 5.92 Å². The molecule has 1 heterocycles. The van der Waals surface area contributed by atoms with Gasteiger partial charge in [0.15, 0.2) is 0 Å². The smallest absolute Gasteiger partial charge is 0.416 e. The molecule has 5 heteroatoms. The first kappa shape index (κ1) is 16.2. The van der Waals surface area contributed by atoms with E-state index in [1.165, 1.54) is 4.90 Å². The second kappa shape index (κ2) is 6.92. The molecule has 25 heavy (non-hydrogen) atoms. The summed E-state index contributed by atoms with van der Waals surface area (Å²) < 4.78 is 4.96. The van der Waals surface area contributed by atoms with Gasteiger partial charge in [-0.05, 0) is 42.5 Å². The summed E-state index contributed by atoms with van der Waals surface area (Å²) in [4.78, 5) is 28.4. The van der Waals surface area contributed by atoms with Crippen LogP contribution in [0.5, 0.6) is 0 Å². The van der Waals surface area contributed by atoms with Gasteiger partial charge >= 0.3 is 6.09 Å². The highest BCUT2D eigenvalue weighted by atomic mass is 32.2. The maximum atomic E-state index is 13.1. The van der Waals surface area contributed by atoms with Crippen molar-refractivity contribution in [3.8, 4) is 0 Å².